The molecular weight excluding hydrogens is 314 g/mol. The van der Waals surface area contributed by atoms with Gasteiger partial charge in [-0.2, -0.15) is 5.10 Å². The van der Waals surface area contributed by atoms with E-state index in [1.54, 1.807) is 0 Å². The molecule has 7 heteroatoms. The zero-order chi connectivity index (χ0) is 17.3. The van der Waals surface area contributed by atoms with Crippen LogP contribution >= 0.6 is 0 Å². The Hall–Kier alpha value is -2.28. The highest BCUT2D eigenvalue weighted by Gasteiger charge is 2.42. The van der Waals surface area contributed by atoms with Crippen molar-refractivity contribution in [3.8, 4) is 5.69 Å². The van der Waals surface area contributed by atoms with E-state index in [4.69, 9.17) is 0 Å². The van der Waals surface area contributed by atoms with Gasteiger partial charge in [0.05, 0.1) is 24.0 Å². The Morgan fingerprint density at radius 1 is 1.38 bits per heavy atom. The molecule has 1 aliphatic rings. The van der Waals surface area contributed by atoms with Crippen LogP contribution in [0, 0.1) is 13.8 Å². The van der Waals surface area contributed by atoms with Crippen molar-refractivity contribution in [1.82, 2.24) is 20.4 Å². The van der Waals surface area contributed by atoms with Crippen molar-refractivity contribution in [2.45, 2.75) is 38.8 Å². The van der Waals surface area contributed by atoms with Crippen LogP contribution in [0.25, 0.3) is 5.69 Å². The summed E-state index contributed by atoms with van der Waals surface area (Å²) in [7, 11) is 0. The van der Waals surface area contributed by atoms with Gasteiger partial charge < -0.3 is 5.32 Å². The number of nitrogens with zero attached hydrogens (tertiary/aromatic N) is 2. The SMILES string of the molecule is Cc1nn(-c2ccccc2)c(C)c1CNC(=O)C1CC(F)(F)CN1. The molecule has 0 aliphatic carbocycles. The first-order valence-corrected chi connectivity index (χ1v) is 7.87. The first kappa shape index (κ1) is 16.6. The summed E-state index contributed by atoms with van der Waals surface area (Å²) < 4.78 is 28.2. The monoisotopic (exact) mass is 334 g/mol. The van der Waals surface area contributed by atoms with Crippen LogP contribution in [0.1, 0.15) is 23.4 Å². The average molecular weight is 334 g/mol. The number of aromatic nitrogens is 2. The molecule has 0 radical (unpaired) electrons. The number of carbonyl (C=O) groups is 1. The Morgan fingerprint density at radius 3 is 2.71 bits per heavy atom. The number of benzene rings is 1. The van der Waals surface area contributed by atoms with Crippen LogP contribution in [0.2, 0.25) is 0 Å². The van der Waals surface area contributed by atoms with Crippen LogP contribution in [-0.2, 0) is 11.3 Å². The van der Waals surface area contributed by atoms with Crippen molar-refractivity contribution in [2.24, 2.45) is 0 Å². The summed E-state index contributed by atoms with van der Waals surface area (Å²) in [6.45, 7) is 3.62. The quantitative estimate of drug-likeness (QED) is 0.900. The Kier molecular flexibility index (Phi) is 4.36. The normalized spacial score (nSPS) is 19.4. The second-order valence-electron chi connectivity index (χ2n) is 6.11. The fourth-order valence-corrected chi connectivity index (χ4v) is 2.95. The third-order valence-corrected chi connectivity index (χ3v) is 4.31. The molecule has 1 atom stereocenters. The zero-order valence-electron chi connectivity index (χ0n) is 13.6. The Labute approximate surface area is 139 Å². The molecule has 128 valence electrons. The standard InChI is InChI=1S/C17H20F2N4O/c1-11-14(9-20-16(24)15-8-17(18,19)10-21-15)12(2)23(22-11)13-6-4-3-5-7-13/h3-7,15,21H,8-10H2,1-2H3,(H,20,24). The lowest BCUT2D eigenvalue weighted by molar-refractivity contribution is -0.123. The summed E-state index contributed by atoms with van der Waals surface area (Å²) in [6.07, 6.45) is -0.458. The number of aryl methyl sites for hydroxylation is 1. The van der Waals surface area contributed by atoms with Gasteiger partial charge in [0.1, 0.15) is 0 Å². The summed E-state index contributed by atoms with van der Waals surface area (Å²) in [5.41, 5.74) is 3.56. The molecule has 2 aromatic rings. The molecule has 5 nitrogen and oxygen atoms in total. The van der Waals surface area contributed by atoms with E-state index in [1.807, 2.05) is 48.9 Å². The molecule has 24 heavy (non-hydrogen) atoms. The molecule has 0 saturated carbocycles. The molecule has 1 unspecified atom stereocenters. The van der Waals surface area contributed by atoms with Gasteiger partial charge in [0.2, 0.25) is 5.91 Å². The van der Waals surface area contributed by atoms with Crippen molar-refractivity contribution in [1.29, 1.82) is 0 Å². The Morgan fingerprint density at radius 2 is 2.08 bits per heavy atom. The highest BCUT2D eigenvalue weighted by Crippen LogP contribution is 2.25. The number of hydrogen-bond donors (Lipinski definition) is 2. The Bertz CT molecular complexity index is 743. The van der Waals surface area contributed by atoms with Crippen molar-refractivity contribution in [3.63, 3.8) is 0 Å². The highest BCUT2D eigenvalue weighted by molar-refractivity contribution is 5.82. The maximum Gasteiger partial charge on any atom is 0.262 e. The van der Waals surface area contributed by atoms with Crippen LogP contribution in [0.15, 0.2) is 30.3 Å². The van der Waals surface area contributed by atoms with Gasteiger partial charge in [0.15, 0.2) is 0 Å². The fraction of sp³-hybridized carbons (Fsp3) is 0.412. The minimum absolute atomic E-state index is 0.271. The van der Waals surface area contributed by atoms with Crippen LogP contribution in [0.3, 0.4) is 0 Å². The van der Waals surface area contributed by atoms with Gasteiger partial charge in [-0.25, -0.2) is 13.5 Å². The number of alkyl halides is 2. The second kappa shape index (κ2) is 6.32. The first-order chi connectivity index (χ1) is 11.4. The molecule has 2 heterocycles. The van der Waals surface area contributed by atoms with Crippen molar-refractivity contribution >= 4 is 5.91 Å². The van der Waals surface area contributed by atoms with Crippen molar-refractivity contribution in [3.05, 3.63) is 47.3 Å². The Balaban J connectivity index is 1.70. The molecule has 1 aliphatic heterocycles. The van der Waals surface area contributed by atoms with Gasteiger partial charge in [0.25, 0.3) is 5.92 Å². The minimum Gasteiger partial charge on any atom is -0.351 e. The van der Waals surface area contributed by atoms with E-state index in [2.05, 4.69) is 15.7 Å². The third-order valence-electron chi connectivity index (χ3n) is 4.31. The average Bonchev–Trinajstić information content (AvgIpc) is 3.06. The number of rotatable bonds is 4. The van der Waals surface area contributed by atoms with Gasteiger partial charge in [0, 0.05) is 24.2 Å². The number of amides is 1. The van der Waals surface area contributed by atoms with Gasteiger partial charge in [-0.1, -0.05) is 18.2 Å². The van der Waals surface area contributed by atoms with Crippen LogP contribution < -0.4 is 10.6 Å². The van der Waals surface area contributed by atoms with Gasteiger partial charge in [-0.05, 0) is 26.0 Å². The number of para-hydroxylation sites is 1. The molecule has 1 amide bonds. The summed E-state index contributed by atoms with van der Waals surface area (Å²) in [5, 5.41) is 9.81. The summed E-state index contributed by atoms with van der Waals surface area (Å²) in [5.74, 6) is -3.22. The van der Waals surface area contributed by atoms with E-state index in [1.165, 1.54) is 0 Å². The summed E-state index contributed by atoms with van der Waals surface area (Å²) >= 11 is 0. The van der Waals surface area contributed by atoms with Crippen LogP contribution in [0.5, 0.6) is 0 Å². The minimum atomic E-state index is -2.81. The molecule has 3 rings (SSSR count). The number of halogens is 2. The molecular formula is C17H20F2N4O. The van der Waals surface area contributed by atoms with Crippen LogP contribution in [-0.4, -0.2) is 34.2 Å². The molecule has 1 aromatic carbocycles. The van der Waals surface area contributed by atoms with Crippen molar-refractivity contribution in [2.75, 3.05) is 6.54 Å². The zero-order valence-corrected chi connectivity index (χ0v) is 13.6. The predicted octanol–water partition coefficient (Wildman–Crippen LogP) is 2.10. The number of carbonyl (C=O) groups excluding carboxylic acids is 1. The molecule has 1 aromatic heterocycles. The van der Waals surface area contributed by atoms with E-state index in [-0.39, 0.29) is 6.54 Å². The van der Waals surface area contributed by atoms with E-state index >= 15 is 0 Å². The predicted molar refractivity (Wildman–Crippen MR) is 86.2 cm³/mol. The van der Waals surface area contributed by atoms with Crippen molar-refractivity contribution < 1.29 is 13.6 Å². The molecule has 1 fully saturated rings. The first-order valence-electron chi connectivity index (χ1n) is 7.87. The van der Waals surface area contributed by atoms with Gasteiger partial charge >= 0.3 is 0 Å². The molecule has 2 N–H and O–H groups in total. The van der Waals surface area contributed by atoms with Gasteiger partial charge in [-0.15, -0.1) is 0 Å². The number of hydrogen-bond acceptors (Lipinski definition) is 3. The fourth-order valence-electron chi connectivity index (χ4n) is 2.95. The summed E-state index contributed by atoms with van der Waals surface area (Å²) in [6, 6.07) is 8.85. The van der Waals surface area contributed by atoms with Gasteiger partial charge in [-0.3, -0.25) is 10.1 Å². The maximum atomic E-state index is 13.2. The number of nitrogens with one attached hydrogen (secondary N) is 2. The topological polar surface area (TPSA) is 59.0 Å². The van der Waals surface area contributed by atoms with E-state index in [0.717, 1.165) is 22.6 Å². The summed E-state index contributed by atoms with van der Waals surface area (Å²) in [4.78, 5) is 12.1. The third kappa shape index (κ3) is 3.31. The molecule has 0 spiro atoms. The van der Waals surface area contributed by atoms with Crippen LogP contribution in [0.4, 0.5) is 8.78 Å². The lowest BCUT2D eigenvalue weighted by Crippen LogP contribution is -2.40. The largest absolute Gasteiger partial charge is 0.351 e. The van der Waals surface area contributed by atoms with E-state index < -0.39 is 30.8 Å². The lowest BCUT2D eigenvalue weighted by Gasteiger charge is -2.11. The smallest absolute Gasteiger partial charge is 0.262 e. The molecule has 1 saturated heterocycles. The maximum absolute atomic E-state index is 13.2. The second-order valence-corrected chi connectivity index (χ2v) is 6.11. The van der Waals surface area contributed by atoms with E-state index in [9.17, 15) is 13.6 Å². The highest BCUT2D eigenvalue weighted by atomic mass is 19.3. The lowest BCUT2D eigenvalue weighted by atomic mass is 10.1. The van der Waals surface area contributed by atoms with E-state index in [0.29, 0.717) is 0 Å². The molecule has 0 bridgehead atoms.